The first-order valence-electron chi connectivity index (χ1n) is 6.44. The number of nitrogens with zero attached hydrogens (tertiary/aromatic N) is 2. The van der Waals surface area contributed by atoms with Gasteiger partial charge in [-0.25, -0.2) is 9.48 Å². The molecular formula is C15H16N2O3. The predicted molar refractivity (Wildman–Crippen MR) is 74.3 cm³/mol. The second kappa shape index (κ2) is 6.14. The Hall–Kier alpha value is -2.43. The molecule has 0 aliphatic carbocycles. The Morgan fingerprint density at radius 3 is 2.90 bits per heavy atom. The van der Waals surface area contributed by atoms with E-state index in [1.807, 2.05) is 13.0 Å². The van der Waals surface area contributed by atoms with Gasteiger partial charge in [0.2, 0.25) is 0 Å². The largest absolute Gasteiger partial charge is 0.462 e. The smallest absolute Gasteiger partial charge is 0.338 e. The van der Waals surface area contributed by atoms with Gasteiger partial charge in [0.25, 0.3) is 0 Å². The Morgan fingerprint density at radius 1 is 1.45 bits per heavy atom. The zero-order chi connectivity index (χ0) is 14.5. The van der Waals surface area contributed by atoms with Gasteiger partial charge in [-0.05, 0) is 31.5 Å². The third-order valence-electron chi connectivity index (χ3n) is 2.85. The molecule has 0 amide bonds. The maximum atomic E-state index is 11.8. The molecule has 0 N–H and O–H groups in total. The summed E-state index contributed by atoms with van der Waals surface area (Å²) >= 11 is 0. The van der Waals surface area contributed by atoms with E-state index in [4.69, 9.17) is 4.74 Å². The zero-order valence-electron chi connectivity index (χ0n) is 11.5. The highest BCUT2D eigenvalue weighted by molar-refractivity contribution is 5.90. The molecule has 0 aliphatic heterocycles. The zero-order valence-corrected chi connectivity index (χ0v) is 11.5. The fourth-order valence-corrected chi connectivity index (χ4v) is 1.77. The van der Waals surface area contributed by atoms with Crippen molar-refractivity contribution in [2.45, 2.75) is 20.3 Å². The number of benzene rings is 1. The summed E-state index contributed by atoms with van der Waals surface area (Å²) < 4.78 is 6.67. The highest BCUT2D eigenvalue weighted by Crippen LogP contribution is 2.13. The van der Waals surface area contributed by atoms with Crippen LogP contribution >= 0.6 is 0 Å². The van der Waals surface area contributed by atoms with Gasteiger partial charge in [0, 0.05) is 6.20 Å². The van der Waals surface area contributed by atoms with Crippen molar-refractivity contribution in [1.29, 1.82) is 0 Å². The topological polar surface area (TPSA) is 61.2 Å². The molecule has 5 nitrogen and oxygen atoms in total. The normalized spacial score (nSPS) is 10.3. The van der Waals surface area contributed by atoms with Crippen molar-refractivity contribution < 1.29 is 14.3 Å². The molecule has 0 atom stereocenters. The van der Waals surface area contributed by atoms with E-state index in [0.717, 1.165) is 12.7 Å². The summed E-state index contributed by atoms with van der Waals surface area (Å²) in [5.41, 5.74) is 2.37. The molecule has 104 valence electrons. The van der Waals surface area contributed by atoms with Crippen molar-refractivity contribution in [3.8, 4) is 5.69 Å². The molecule has 20 heavy (non-hydrogen) atoms. The van der Waals surface area contributed by atoms with Crippen molar-refractivity contribution in [2.75, 3.05) is 6.61 Å². The van der Waals surface area contributed by atoms with E-state index in [9.17, 15) is 9.59 Å². The van der Waals surface area contributed by atoms with Gasteiger partial charge >= 0.3 is 5.97 Å². The van der Waals surface area contributed by atoms with E-state index in [0.29, 0.717) is 29.1 Å². The van der Waals surface area contributed by atoms with Crippen LogP contribution in [0, 0.1) is 6.92 Å². The highest BCUT2D eigenvalue weighted by Gasteiger charge is 2.10. The Balaban J connectivity index is 2.29. The molecule has 0 bridgehead atoms. The number of aromatic nitrogens is 2. The van der Waals surface area contributed by atoms with Gasteiger partial charge in [-0.3, -0.25) is 4.79 Å². The Kier molecular flexibility index (Phi) is 4.30. The lowest BCUT2D eigenvalue weighted by molar-refractivity contribution is 0.0505. The fourth-order valence-electron chi connectivity index (χ4n) is 1.77. The molecule has 0 saturated heterocycles. The number of carbonyl (C=O) groups excluding carboxylic acids is 2. The van der Waals surface area contributed by atoms with Gasteiger partial charge in [-0.1, -0.05) is 13.0 Å². The van der Waals surface area contributed by atoms with E-state index < -0.39 is 0 Å². The fraction of sp³-hybridized carbons (Fsp3) is 0.267. The predicted octanol–water partition coefficient (Wildman–Crippen LogP) is 2.56. The van der Waals surface area contributed by atoms with Gasteiger partial charge < -0.3 is 4.74 Å². The van der Waals surface area contributed by atoms with Crippen LogP contribution in [-0.4, -0.2) is 28.6 Å². The molecule has 0 unspecified atom stereocenters. The summed E-state index contributed by atoms with van der Waals surface area (Å²) in [4.78, 5) is 22.6. The van der Waals surface area contributed by atoms with Gasteiger partial charge in [-0.2, -0.15) is 5.10 Å². The van der Waals surface area contributed by atoms with Crippen LogP contribution in [0.3, 0.4) is 0 Å². The molecule has 0 fully saturated rings. The second-order valence-corrected chi connectivity index (χ2v) is 4.42. The standard InChI is InChI=1S/C15H16N2O3/c1-3-7-20-15(19)12-5-4-6-14(8-12)17-9-13(10-18)11(2)16-17/h4-6,8-10H,3,7H2,1-2H3. The number of ether oxygens (including phenoxy) is 1. The molecule has 1 heterocycles. The lowest BCUT2D eigenvalue weighted by atomic mass is 10.2. The Bertz CT molecular complexity index is 632. The molecule has 0 radical (unpaired) electrons. The summed E-state index contributed by atoms with van der Waals surface area (Å²) in [5, 5.41) is 4.25. The SMILES string of the molecule is CCCOC(=O)c1cccc(-n2cc(C=O)c(C)n2)c1. The third-order valence-corrected chi connectivity index (χ3v) is 2.85. The number of hydrogen-bond acceptors (Lipinski definition) is 4. The molecule has 2 aromatic rings. The van der Waals surface area contributed by atoms with E-state index in [-0.39, 0.29) is 5.97 Å². The lowest BCUT2D eigenvalue weighted by Crippen LogP contribution is -2.07. The van der Waals surface area contributed by atoms with Crippen molar-refractivity contribution >= 4 is 12.3 Å². The Labute approximate surface area is 117 Å². The average Bonchev–Trinajstić information content (AvgIpc) is 2.86. The van der Waals surface area contributed by atoms with Gasteiger partial charge in [0.1, 0.15) is 0 Å². The molecule has 1 aromatic carbocycles. The molecule has 0 saturated carbocycles. The quantitative estimate of drug-likeness (QED) is 0.620. The Morgan fingerprint density at radius 2 is 2.25 bits per heavy atom. The van der Waals surface area contributed by atoms with Crippen molar-refractivity contribution in [3.05, 3.63) is 47.3 Å². The second-order valence-electron chi connectivity index (χ2n) is 4.42. The number of aldehydes is 1. The summed E-state index contributed by atoms with van der Waals surface area (Å²) in [6.07, 6.45) is 3.18. The minimum Gasteiger partial charge on any atom is -0.462 e. The van der Waals surface area contributed by atoms with Crippen LogP contribution in [-0.2, 0) is 4.74 Å². The molecule has 2 rings (SSSR count). The number of aryl methyl sites for hydroxylation is 1. The maximum absolute atomic E-state index is 11.8. The van der Waals surface area contributed by atoms with Crippen molar-refractivity contribution in [2.24, 2.45) is 0 Å². The van der Waals surface area contributed by atoms with E-state index in [1.165, 1.54) is 0 Å². The molecule has 0 aliphatic rings. The summed E-state index contributed by atoms with van der Waals surface area (Å²) in [7, 11) is 0. The summed E-state index contributed by atoms with van der Waals surface area (Å²) in [5.74, 6) is -0.354. The monoisotopic (exact) mass is 272 g/mol. The van der Waals surface area contributed by atoms with Crippen molar-refractivity contribution in [3.63, 3.8) is 0 Å². The summed E-state index contributed by atoms with van der Waals surface area (Å²) in [6, 6.07) is 6.96. The first-order valence-corrected chi connectivity index (χ1v) is 6.44. The maximum Gasteiger partial charge on any atom is 0.338 e. The molecule has 5 heteroatoms. The van der Waals surface area contributed by atoms with Crippen LogP contribution in [0.25, 0.3) is 5.69 Å². The van der Waals surface area contributed by atoms with Crippen LogP contribution in [0.4, 0.5) is 0 Å². The van der Waals surface area contributed by atoms with E-state index in [1.54, 1.807) is 36.0 Å². The van der Waals surface area contributed by atoms with Crippen molar-refractivity contribution in [1.82, 2.24) is 9.78 Å². The number of rotatable bonds is 5. The minimum absolute atomic E-state index is 0.354. The van der Waals surface area contributed by atoms with Crippen LogP contribution in [0.15, 0.2) is 30.5 Å². The first kappa shape index (κ1) is 14.0. The van der Waals surface area contributed by atoms with E-state index >= 15 is 0 Å². The highest BCUT2D eigenvalue weighted by atomic mass is 16.5. The number of carbonyl (C=O) groups is 2. The molecular weight excluding hydrogens is 256 g/mol. The number of hydrogen-bond donors (Lipinski definition) is 0. The first-order chi connectivity index (χ1) is 9.65. The van der Waals surface area contributed by atoms with Crippen LogP contribution in [0.5, 0.6) is 0 Å². The van der Waals surface area contributed by atoms with Crippen LogP contribution in [0.1, 0.15) is 39.8 Å². The van der Waals surface area contributed by atoms with E-state index in [2.05, 4.69) is 5.10 Å². The average molecular weight is 272 g/mol. The number of esters is 1. The molecule has 1 aromatic heterocycles. The van der Waals surface area contributed by atoms with Gasteiger partial charge in [-0.15, -0.1) is 0 Å². The molecule has 0 spiro atoms. The van der Waals surface area contributed by atoms with Gasteiger partial charge in [0.05, 0.1) is 29.1 Å². The van der Waals surface area contributed by atoms with Gasteiger partial charge in [0.15, 0.2) is 6.29 Å². The van der Waals surface area contributed by atoms with Crippen LogP contribution < -0.4 is 0 Å². The summed E-state index contributed by atoms with van der Waals surface area (Å²) in [6.45, 7) is 4.11. The minimum atomic E-state index is -0.354. The van der Waals surface area contributed by atoms with Crippen LogP contribution in [0.2, 0.25) is 0 Å². The third kappa shape index (κ3) is 2.93. The lowest BCUT2D eigenvalue weighted by Gasteiger charge is -2.05.